The number of benzene rings is 1. The molecule has 1 saturated carbocycles. The third kappa shape index (κ3) is 5.04. The smallest absolute Gasteiger partial charge is 0.226 e. The molecule has 1 aliphatic rings. The molecule has 0 saturated heterocycles. The number of carbonyl (C=O) groups excluding carboxylic acids is 1. The van der Waals surface area contributed by atoms with Crippen LogP contribution in [0.1, 0.15) is 44.6 Å². The Kier molecular flexibility index (Phi) is 7.12. The van der Waals surface area contributed by atoms with E-state index in [9.17, 15) is 4.79 Å². The topological polar surface area (TPSA) is 96.1 Å². The molecule has 8 heteroatoms. The van der Waals surface area contributed by atoms with Crippen LogP contribution in [-0.4, -0.2) is 39.9 Å². The maximum atomic E-state index is 13.0. The lowest BCUT2D eigenvalue weighted by molar-refractivity contribution is -0.118. The van der Waals surface area contributed by atoms with Gasteiger partial charge >= 0.3 is 0 Å². The van der Waals surface area contributed by atoms with Gasteiger partial charge in [-0.1, -0.05) is 6.92 Å². The van der Waals surface area contributed by atoms with Gasteiger partial charge in [-0.25, -0.2) is 4.98 Å². The van der Waals surface area contributed by atoms with Gasteiger partial charge in [0.15, 0.2) is 0 Å². The zero-order chi connectivity index (χ0) is 24.1. The molecule has 8 nitrogen and oxygen atoms in total. The van der Waals surface area contributed by atoms with E-state index in [0.29, 0.717) is 12.0 Å². The first kappa shape index (κ1) is 23.3. The zero-order valence-corrected chi connectivity index (χ0v) is 19.9. The Balaban J connectivity index is 1.49. The minimum absolute atomic E-state index is 0.112. The molecule has 0 aliphatic heterocycles. The second kappa shape index (κ2) is 10.4. The number of ether oxygens (including phenoxy) is 1. The number of methoxy groups -OCH3 is 1. The van der Waals surface area contributed by atoms with Gasteiger partial charge in [-0.2, -0.15) is 10.4 Å². The number of carbonyl (C=O) groups is 1. The van der Waals surface area contributed by atoms with Crippen molar-refractivity contribution >= 4 is 17.4 Å². The van der Waals surface area contributed by atoms with Crippen LogP contribution in [-0.2, 0) is 11.8 Å². The molecule has 2 aromatic heterocycles. The average Bonchev–Trinajstić information content (AvgIpc) is 3.31. The summed E-state index contributed by atoms with van der Waals surface area (Å²) in [6.07, 6.45) is 9.44. The van der Waals surface area contributed by atoms with E-state index in [1.807, 2.05) is 55.5 Å². The molecule has 34 heavy (non-hydrogen) atoms. The van der Waals surface area contributed by atoms with Gasteiger partial charge in [0.2, 0.25) is 5.91 Å². The number of rotatable bonds is 7. The van der Waals surface area contributed by atoms with Crippen molar-refractivity contribution in [3.05, 3.63) is 54.5 Å². The summed E-state index contributed by atoms with van der Waals surface area (Å²) >= 11 is 0. The molecule has 4 rings (SSSR count). The van der Waals surface area contributed by atoms with Crippen LogP contribution in [0.15, 0.2) is 48.9 Å². The third-order valence-corrected chi connectivity index (χ3v) is 6.36. The summed E-state index contributed by atoms with van der Waals surface area (Å²) in [6, 6.07) is 12.1. The summed E-state index contributed by atoms with van der Waals surface area (Å²) in [4.78, 5) is 19.3. The van der Waals surface area contributed by atoms with Gasteiger partial charge in [-0.3, -0.25) is 9.48 Å². The second-order valence-electron chi connectivity index (χ2n) is 8.60. The summed E-state index contributed by atoms with van der Waals surface area (Å²) in [5, 5.41) is 16.7. The van der Waals surface area contributed by atoms with Gasteiger partial charge in [-0.15, -0.1) is 0 Å². The second-order valence-corrected chi connectivity index (χ2v) is 8.60. The lowest BCUT2D eigenvalue weighted by Crippen LogP contribution is -2.44. The van der Waals surface area contributed by atoms with Crippen LogP contribution in [0.4, 0.5) is 11.5 Å². The summed E-state index contributed by atoms with van der Waals surface area (Å²) < 4.78 is 7.45. The van der Waals surface area contributed by atoms with Crippen molar-refractivity contribution in [2.45, 2.75) is 51.1 Å². The summed E-state index contributed by atoms with van der Waals surface area (Å²) in [7, 11) is 3.54. The minimum Gasteiger partial charge on any atom is -0.496 e. The van der Waals surface area contributed by atoms with Gasteiger partial charge < -0.3 is 15.0 Å². The van der Waals surface area contributed by atoms with Crippen molar-refractivity contribution in [2.24, 2.45) is 7.05 Å². The van der Waals surface area contributed by atoms with E-state index >= 15 is 0 Å². The zero-order valence-electron chi connectivity index (χ0n) is 19.9. The number of nitriles is 1. The fourth-order valence-electron chi connectivity index (χ4n) is 4.59. The van der Waals surface area contributed by atoms with Gasteiger partial charge in [0, 0.05) is 60.8 Å². The molecule has 0 radical (unpaired) electrons. The Morgan fingerprint density at radius 1 is 1.24 bits per heavy atom. The quantitative estimate of drug-likeness (QED) is 0.559. The van der Waals surface area contributed by atoms with Crippen molar-refractivity contribution in [3.8, 4) is 22.9 Å². The number of amides is 1. The van der Waals surface area contributed by atoms with E-state index in [4.69, 9.17) is 10.00 Å². The molecule has 1 N–H and O–H groups in total. The molecule has 0 unspecified atom stereocenters. The molecule has 1 aliphatic carbocycles. The molecular formula is C26H30N6O2. The molecule has 1 fully saturated rings. The SMILES string of the molecule is CCC(=O)N(c1ccc(-c2cnn(C)c2)c(OC)c1)C1CCC(Nc2ccc(C#N)cn2)CC1. The standard InChI is InChI=1S/C26H30N6O2/c1-4-26(33)32(22-10-11-23(24(13-22)34-3)19-16-29-31(2)17-19)21-8-6-20(7-9-21)30-25-12-5-18(14-27)15-28-25/h5,10-13,15-17,20-21H,4,6-9H2,1-3H3,(H,28,30). The monoisotopic (exact) mass is 458 g/mol. The molecule has 1 aromatic carbocycles. The van der Waals surface area contributed by atoms with Crippen LogP contribution in [0, 0.1) is 11.3 Å². The van der Waals surface area contributed by atoms with Crippen molar-refractivity contribution in [2.75, 3.05) is 17.3 Å². The van der Waals surface area contributed by atoms with Gasteiger partial charge in [0.1, 0.15) is 17.6 Å². The van der Waals surface area contributed by atoms with Gasteiger partial charge in [0.25, 0.3) is 0 Å². The number of pyridine rings is 1. The van der Waals surface area contributed by atoms with Crippen LogP contribution in [0.3, 0.4) is 0 Å². The normalized spacial score (nSPS) is 17.6. The van der Waals surface area contributed by atoms with Crippen molar-refractivity contribution < 1.29 is 9.53 Å². The number of anilines is 2. The lowest BCUT2D eigenvalue weighted by atomic mass is 9.89. The fourth-order valence-corrected chi connectivity index (χ4v) is 4.59. The fraction of sp³-hybridized carbons (Fsp3) is 0.385. The highest BCUT2D eigenvalue weighted by atomic mass is 16.5. The molecule has 3 aromatic rings. The summed E-state index contributed by atoms with van der Waals surface area (Å²) in [5.41, 5.74) is 3.34. The van der Waals surface area contributed by atoms with E-state index in [-0.39, 0.29) is 18.0 Å². The van der Waals surface area contributed by atoms with Crippen LogP contribution in [0.2, 0.25) is 0 Å². The highest BCUT2D eigenvalue weighted by Gasteiger charge is 2.30. The largest absolute Gasteiger partial charge is 0.496 e. The molecule has 2 heterocycles. The Labute approximate surface area is 200 Å². The Morgan fingerprint density at radius 3 is 2.62 bits per heavy atom. The maximum Gasteiger partial charge on any atom is 0.226 e. The van der Waals surface area contributed by atoms with Crippen molar-refractivity contribution in [1.29, 1.82) is 5.26 Å². The minimum atomic E-state index is 0.112. The Morgan fingerprint density at radius 2 is 2.03 bits per heavy atom. The molecule has 1 amide bonds. The van der Waals surface area contributed by atoms with Crippen molar-refractivity contribution in [3.63, 3.8) is 0 Å². The molecular weight excluding hydrogens is 428 g/mol. The van der Waals surface area contributed by atoms with E-state index in [2.05, 4.69) is 21.5 Å². The first-order valence-corrected chi connectivity index (χ1v) is 11.6. The number of hydrogen-bond donors (Lipinski definition) is 1. The number of hydrogen-bond acceptors (Lipinski definition) is 6. The van der Waals surface area contributed by atoms with Crippen LogP contribution in [0.5, 0.6) is 5.75 Å². The van der Waals surface area contributed by atoms with E-state index < -0.39 is 0 Å². The Hall–Kier alpha value is -3.86. The van der Waals surface area contributed by atoms with Crippen LogP contribution >= 0.6 is 0 Å². The first-order valence-electron chi connectivity index (χ1n) is 11.6. The summed E-state index contributed by atoms with van der Waals surface area (Å²) in [5.74, 6) is 1.61. The van der Waals surface area contributed by atoms with Gasteiger partial charge in [0.05, 0.1) is 18.9 Å². The van der Waals surface area contributed by atoms with E-state index in [1.165, 1.54) is 0 Å². The summed E-state index contributed by atoms with van der Waals surface area (Å²) in [6.45, 7) is 1.90. The third-order valence-electron chi connectivity index (χ3n) is 6.36. The predicted octanol–water partition coefficient (Wildman–Crippen LogP) is 4.53. The van der Waals surface area contributed by atoms with Crippen LogP contribution in [0.25, 0.3) is 11.1 Å². The molecule has 0 spiro atoms. The number of aromatic nitrogens is 3. The molecule has 0 bridgehead atoms. The Bertz CT molecular complexity index is 1170. The molecule has 0 atom stereocenters. The highest BCUT2D eigenvalue weighted by Crippen LogP contribution is 2.36. The van der Waals surface area contributed by atoms with Crippen molar-refractivity contribution in [1.82, 2.24) is 14.8 Å². The number of nitrogens with one attached hydrogen (secondary N) is 1. The van der Waals surface area contributed by atoms with Crippen LogP contribution < -0.4 is 15.0 Å². The maximum absolute atomic E-state index is 13.0. The van der Waals surface area contributed by atoms with E-state index in [0.717, 1.165) is 54.1 Å². The lowest BCUT2D eigenvalue weighted by Gasteiger charge is -2.37. The van der Waals surface area contributed by atoms with E-state index in [1.54, 1.807) is 24.1 Å². The predicted molar refractivity (Wildman–Crippen MR) is 132 cm³/mol. The average molecular weight is 459 g/mol. The number of aryl methyl sites for hydroxylation is 1. The number of nitrogens with zero attached hydrogens (tertiary/aromatic N) is 5. The molecule has 176 valence electrons. The first-order chi connectivity index (χ1) is 16.5. The van der Waals surface area contributed by atoms with Gasteiger partial charge in [-0.05, 0) is 49.9 Å². The highest BCUT2D eigenvalue weighted by molar-refractivity contribution is 5.94.